The quantitative estimate of drug-likeness (QED) is 0.774. The molecule has 1 aliphatic heterocycles. The van der Waals surface area contributed by atoms with Crippen LogP contribution in [0.25, 0.3) is 11.1 Å². The fourth-order valence-electron chi connectivity index (χ4n) is 3.14. The number of H-pyrrole nitrogens is 1. The minimum Gasteiger partial charge on any atom is -0.366 e. The number of nitrogens with zero attached hydrogens (tertiary/aromatic N) is 5. The van der Waals surface area contributed by atoms with Gasteiger partial charge in [-0.05, 0) is 12.0 Å². The number of nitrogens with one attached hydrogen (secondary N) is 1. The second kappa shape index (κ2) is 5.92. The monoisotopic (exact) mass is 322 g/mol. The molecule has 0 saturated heterocycles. The van der Waals surface area contributed by atoms with Crippen LogP contribution in [0.1, 0.15) is 21.6 Å². The molecule has 0 fully saturated rings. The molecule has 0 aliphatic carbocycles. The summed E-state index contributed by atoms with van der Waals surface area (Å²) in [4.78, 5) is 26.4. The maximum atomic E-state index is 13.0. The molecule has 0 unspecified atom stereocenters. The molecule has 0 aromatic carbocycles. The summed E-state index contributed by atoms with van der Waals surface area (Å²) in [5, 5.41) is 4.19. The molecular weight excluding hydrogens is 304 g/mol. The Morgan fingerprint density at radius 2 is 2.08 bits per heavy atom. The van der Waals surface area contributed by atoms with Gasteiger partial charge in [-0.2, -0.15) is 5.10 Å². The van der Waals surface area contributed by atoms with E-state index in [9.17, 15) is 4.79 Å². The third-order valence-electron chi connectivity index (χ3n) is 4.43. The fraction of sp³-hybridized carbons (Fsp3) is 0.294. The first-order valence-electron chi connectivity index (χ1n) is 7.95. The highest BCUT2D eigenvalue weighted by molar-refractivity contribution is 6.00. The van der Waals surface area contributed by atoms with Gasteiger partial charge in [-0.1, -0.05) is 0 Å². The van der Waals surface area contributed by atoms with E-state index in [1.54, 1.807) is 23.4 Å². The number of fused-ring (bicyclic) bond motifs is 1. The van der Waals surface area contributed by atoms with Gasteiger partial charge in [0.25, 0.3) is 5.91 Å². The van der Waals surface area contributed by atoms with Crippen LogP contribution in [-0.4, -0.2) is 48.6 Å². The number of aryl methyl sites for hydroxylation is 1. The minimum atomic E-state index is 0.0378. The van der Waals surface area contributed by atoms with E-state index in [0.717, 1.165) is 35.2 Å². The van der Waals surface area contributed by atoms with Crippen molar-refractivity contribution in [3.8, 4) is 11.1 Å². The largest absolute Gasteiger partial charge is 0.366 e. The van der Waals surface area contributed by atoms with Crippen LogP contribution in [0.4, 0.5) is 0 Å². The van der Waals surface area contributed by atoms with E-state index < -0.39 is 0 Å². The van der Waals surface area contributed by atoms with Gasteiger partial charge in [-0.15, -0.1) is 0 Å². The Bertz CT molecular complexity index is 854. The van der Waals surface area contributed by atoms with Crippen molar-refractivity contribution in [1.82, 2.24) is 29.6 Å². The number of aromatic amines is 1. The number of amides is 1. The molecule has 7 heteroatoms. The lowest BCUT2D eigenvalue weighted by Gasteiger charge is -2.20. The van der Waals surface area contributed by atoms with Crippen molar-refractivity contribution in [3.63, 3.8) is 0 Å². The summed E-state index contributed by atoms with van der Waals surface area (Å²) in [6, 6.07) is 0. The molecule has 24 heavy (non-hydrogen) atoms. The van der Waals surface area contributed by atoms with Crippen LogP contribution >= 0.6 is 0 Å². The van der Waals surface area contributed by atoms with Crippen molar-refractivity contribution in [2.75, 3.05) is 13.1 Å². The second-order valence-electron chi connectivity index (χ2n) is 5.97. The van der Waals surface area contributed by atoms with E-state index in [-0.39, 0.29) is 5.91 Å². The van der Waals surface area contributed by atoms with Gasteiger partial charge >= 0.3 is 0 Å². The maximum absolute atomic E-state index is 13.0. The Kier molecular flexibility index (Phi) is 3.60. The lowest BCUT2D eigenvalue weighted by molar-refractivity contribution is 0.0764. The number of carbonyl (C=O) groups is 1. The molecule has 0 atom stereocenters. The standard InChI is InChI=1S/C17H18N6O/c1-22-10-13(7-21-22)14-8-18-9-15(14)17(24)23-4-2-12-6-19-11-20-16(12)3-5-23/h6-11,18H,2-5H2,1H3. The van der Waals surface area contributed by atoms with Crippen molar-refractivity contribution in [3.05, 3.63) is 54.1 Å². The van der Waals surface area contributed by atoms with Gasteiger partial charge in [0.05, 0.1) is 11.8 Å². The molecule has 0 saturated carbocycles. The highest BCUT2D eigenvalue weighted by Crippen LogP contribution is 2.25. The van der Waals surface area contributed by atoms with Crippen molar-refractivity contribution in [1.29, 1.82) is 0 Å². The zero-order chi connectivity index (χ0) is 16.5. The van der Waals surface area contributed by atoms with Gasteiger partial charge in [-0.3, -0.25) is 9.48 Å². The average Bonchev–Trinajstić information content (AvgIpc) is 3.18. The van der Waals surface area contributed by atoms with Crippen LogP contribution in [0, 0.1) is 0 Å². The van der Waals surface area contributed by atoms with Gasteiger partial charge in [0.1, 0.15) is 6.33 Å². The summed E-state index contributed by atoms with van der Waals surface area (Å²) < 4.78 is 1.73. The van der Waals surface area contributed by atoms with Crippen LogP contribution in [-0.2, 0) is 19.9 Å². The van der Waals surface area contributed by atoms with E-state index in [4.69, 9.17) is 0 Å². The highest BCUT2D eigenvalue weighted by Gasteiger charge is 2.23. The maximum Gasteiger partial charge on any atom is 0.256 e. The Labute approximate surface area is 139 Å². The van der Waals surface area contributed by atoms with E-state index >= 15 is 0 Å². The Balaban J connectivity index is 1.58. The number of aromatic nitrogens is 5. The van der Waals surface area contributed by atoms with E-state index in [2.05, 4.69) is 20.1 Å². The number of carbonyl (C=O) groups excluding carboxylic acids is 1. The van der Waals surface area contributed by atoms with Gasteiger partial charge in [0, 0.05) is 68.2 Å². The summed E-state index contributed by atoms with van der Waals surface area (Å²) >= 11 is 0. The smallest absolute Gasteiger partial charge is 0.256 e. The molecule has 4 heterocycles. The SMILES string of the molecule is Cn1cc(-c2c[nH]cc2C(=O)N2CCc3cncnc3CC2)cn1. The fourth-order valence-corrected chi connectivity index (χ4v) is 3.14. The van der Waals surface area contributed by atoms with Crippen LogP contribution in [0.3, 0.4) is 0 Å². The summed E-state index contributed by atoms with van der Waals surface area (Å²) in [7, 11) is 1.87. The summed E-state index contributed by atoms with van der Waals surface area (Å²) in [5.41, 5.74) is 4.68. The van der Waals surface area contributed by atoms with Crippen LogP contribution < -0.4 is 0 Å². The Hall–Kier alpha value is -2.96. The molecule has 3 aromatic rings. The molecule has 0 bridgehead atoms. The molecule has 1 aliphatic rings. The van der Waals surface area contributed by atoms with E-state index in [1.807, 2.05) is 30.5 Å². The van der Waals surface area contributed by atoms with Gasteiger partial charge in [0.2, 0.25) is 0 Å². The summed E-state index contributed by atoms with van der Waals surface area (Å²) in [6.45, 7) is 1.34. The van der Waals surface area contributed by atoms with Crippen LogP contribution in [0.5, 0.6) is 0 Å². The molecule has 3 aromatic heterocycles. The molecule has 4 rings (SSSR count). The van der Waals surface area contributed by atoms with Crippen molar-refractivity contribution in [2.24, 2.45) is 7.05 Å². The highest BCUT2D eigenvalue weighted by atomic mass is 16.2. The second-order valence-corrected chi connectivity index (χ2v) is 5.97. The van der Waals surface area contributed by atoms with Crippen molar-refractivity contribution >= 4 is 5.91 Å². The summed E-state index contributed by atoms with van der Waals surface area (Å²) in [6.07, 6.45) is 12.3. The third-order valence-corrected chi connectivity index (χ3v) is 4.43. The number of rotatable bonds is 2. The van der Waals surface area contributed by atoms with Crippen LogP contribution in [0.2, 0.25) is 0 Å². The lowest BCUT2D eigenvalue weighted by atomic mass is 10.1. The third kappa shape index (κ3) is 2.58. The zero-order valence-electron chi connectivity index (χ0n) is 13.4. The predicted octanol–water partition coefficient (Wildman–Crippen LogP) is 1.45. The first-order valence-corrected chi connectivity index (χ1v) is 7.95. The Morgan fingerprint density at radius 1 is 1.21 bits per heavy atom. The number of hydrogen-bond donors (Lipinski definition) is 1. The Morgan fingerprint density at radius 3 is 2.92 bits per heavy atom. The van der Waals surface area contributed by atoms with Gasteiger partial charge in [0.15, 0.2) is 0 Å². The topological polar surface area (TPSA) is 79.7 Å². The first-order chi connectivity index (χ1) is 11.7. The van der Waals surface area contributed by atoms with Crippen LogP contribution in [0.15, 0.2) is 37.3 Å². The van der Waals surface area contributed by atoms with E-state index in [1.165, 1.54) is 0 Å². The molecule has 1 N–H and O–H groups in total. The first kappa shape index (κ1) is 14.6. The molecule has 1 amide bonds. The molecule has 7 nitrogen and oxygen atoms in total. The molecule has 122 valence electrons. The molecule has 0 radical (unpaired) electrons. The molecule has 0 spiro atoms. The average molecular weight is 322 g/mol. The lowest BCUT2D eigenvalue weighted by Crippen LogP contribution is -2.33. The van der Waals surface area contributed by atoms with Crippen molar-refractivity contribution < 1.29 is 4.79 Å². The van der Waals surface area contributed by atoms with Gasteiger partial charge in [-0.25, -0.2) is 9.97 Å². The zero-order valence-corrected chi connectivity index (χ0v) is 13.4. The van der Waals surface area contributed by atoms with Crippen molar-refractivity contribution in [2.45, 2.75) is 12.8 Å². The summed E-state index contributed by atoms with van der Waals surface area (Å²) in [5.74, 6) is 0.0378. The normalized spacial score (nSPS) is 14.3. The van der Waals surface area contributed by atoms with E-state index in [0.29, 0.717) is 18.7 Å². The minimum absolute atomic E-state index is 0.0378. The predicted molar refractivity (Wildman–Crippen MR) is 88.3 cm³/mol. The molecular formula is C17H18N6O. The number of hydrogen-bond acceptors (Lipinski definition) is 4. The van der Waals surface area contributed by atoms with Gasteiger partial charge < -0.3 is 9.88 Å².